The van der Waals surface area contributed by atoms with E-state index >= 15 is 0 Å². The van der Waals surface area contributed by atoms with E-state index in [0.717, 1.165) is 4.90 Å². The molecule has 3 rings (SSSR count). The number of ketones is 2. The molecular weight excluding hydrogens is 1060 g/mol. The van der Waals surface area contributed by atoms with E-state index in [2.05, 4.69) is 21.3 Å². The molecule has 1 aliphatic heterocycles. The minimum Gasteiger partial charge on any atom is -0.450 e. The van der Waals surface area contributed by atoms with Crippen LogP contribution < -0.4 is 21.3 Å². The van der Waals surface area contributed by atoms with E-state index in [1.165, 1.54) is 78.3 Å². The summed E-state index contributed by atoms with van der Waals surface area (Å²) in [6.07, 6.45) is -1.99. The van der Waals surface area contributed by atoms with E-state index in [-0.39, 0.29) is 67.3 Å². The van der Waals surface area contributed by atoms with Gasteiger partial charge in [0, 0.05) is 64.5 Å². The summed E-state index contributed by atoms with van der Waals surface area (Å²) in [5, 5.41) is 10.4. The molecule has 1 fully saturated rings. The zero-order chi connectivity index (χ0) is 60.2. The maximum absolute atomic E-state index is 14.4. The average Bonchev–Trinajstić information content (AvgIpc) is 3.41. The lowest BCUT2D eigenvalue weighted by atomic mass is 9.92. The molecule has 2 aromatic rings. The number of hydrogen-bond acceptors (Lipinski definition) is 14. The molecule has 0 aromatic heterocycles. The monoisotopic (exact) mass is 1150 g/mol. The van der Waals surface area contributed by atoms with E-state index in [0.29, 0.717) is 11.1 Å². The van der Waals surface area contributed by atoms with Gasteiger partial charge in [0.05, 0.1) is 24.4 Å². The van der Waals surface area contributed by atoms with Gasteiger partial charge in [0.15, 0.2) is 17.7 Å². The molecule has 8 amide bonds. The van der Waals surface area contributed by atoms with Gasteiger partial charge in [-0.1, -0.05) is 138 Å². The first-order chi connectivity index (χ1) is 37.4. The number of nitrogens with one attached hydrogen (secondary N) is 4. The Kier molecular flexibility index (Phi) is 27.4. The van der Waals surface area contributed by atoms with Crippen molar-refractivity contribution in [3.63, 3.8) is 0 Å². The van der Waals surface area contributed by atoms with Gasteiger partial charge in [0.2, 0.25) is 41.4 Å². The number of Topliss-reactive ketones (excluding diaryl/α,β-unsaturated/α-hetero) is 2. The molecular formula is C58H86N8O12S2. The Morgan fingerprint density at radius 3 is 1.68 bits per heavy atom. The Labute approximate surface area is 480 Å². The second-order valence-electron chi connectivity index (χ2n) is 22.5. The number of carbonyl (C=O) groups excluding carboxylic acids is 11. The molecule has 1 saturated heterocycles. The Bertz CT molecular complexity index is 2470. The SMILES string of the molecule is CC(C)C[C@@H]1NC(=O)CCC(=O)[C@H](Cc2ccccc2)NC(=O)C(CSSC(C)(C)C)OC(=O)CNC(=O)CNC(=O)[C@H](C)N(C)C(=O)[C@H](Cc2ccccc2)N(C)C(=O)[C@H](C)CC(=O)[C@H](CC(C)C)N(C)C(=O)[C@H](C)N(C)C1=O. The molecule has 20 nitrogen and oxygen atoms in total. The van der Waals surface area contributed by atoms with Gasteiger partial charge in [-0.25, -0.2) is 0 Å². The summed E-state index contributed by atoms with van der Waals surface area (Å²) in [6, 6.07) is 11.0. The van der Waals surface area contributed by atoms with Gasteiger partial charge in [-0.15, -0.1) is 0 Å². The molecule has 0 spiro atoms. The number of cyclic esters (lactones) is 1. The molecule has 1 unspecified atom stereocenters. The van der Waals surface area contributed by atoms with E-state index < -0.39 is 126 Å². The number of carbonyl (C=O) groups is 11. The molecule has 0 bridgehead atoms. The van der Waals surface area contributed by atoms with Gasteiger partial charge in [-0.05, 0) is 56.1 Å². The van der Waals surface area contributed by atoms with Crippen molar-refractivity contribution in [3.8, 4) is 0 Å². The second kappa shape index (κ2) is 32.2. The third kappa shape index (κ3) is 22.0. The van der Waals surface area contributed by atoms with Crippen molar-refractivity contribution < 1.29 is 57.5 Å². The number of hydrogen-bond donors (Lipinski definition) is 4. The summed E-state index contributed by atoms with van der Waals surface area (Å²) >= 11 is 0. The van der Waals surface area contributed by atoms with Gasteiger partial charge >= 0.3 is 5.97 Å². The molecule has 80 heavy (non-hydrogen) atoms. The third-order valence-electron chi connectivity index (χ3n) is 13.7. The van der Waals surface area contributed by atoms with Crippen LogP contribution in [0.4, 0.5) is 0 Å². The van der Waals surface area contributed by atoms with Crippen LogP contribution in [0.25, 0.3) is 0 Å². The van der Waals surface area contributed by atoms with Crippen molar-refractivity contribution in [2.24, 2.45) is 17.8 Å². The van der Waals surface area contributed by atoms with Gasteiger partial charge in [0.1, 0.15) is 30.7 Å². The Hall–Kier alpha value is -6.29. The topological polar surface area (TPSA) is 258 Å². The van der Waals surface area contributed by atoms with Crippen LogP contribution in [0.2, 0.25) is 0 Å². The molecule has 442 valence electrons. The second-order valence-corrected chi connectivity index (χ2v) is 25.7. The first-order valence-electron chi connectivity index (χ1n) is 27.3. The highest BCUT2D eigenvalue weighted by molar-refractivity contribution is 8.77. The lowest BCUT2D eigenvalue weighted by molar-refractivity contribution is -0.154. The lowest BCUT2D eigenvalue weighted by Gasteiger charge is -2.36. The number of nitrogens with zero attached hydrogens (tertiary/aromatic N) is 4. The highest BCUT2D eigenvalue weighted by atomic mass is 33.1. The predicted molar refractivity (Wildman–Crippen MR) is 309 cm³/mol. The molecule has 0 radical (unpaired) electrons. The first-order valence-corrected chi connectivity index (χ1v) is 29.6. The quantitative estimate of drug-likeness (QED) is 0.182. The fraction of sp³-hybridized carbons (Fsp3) is 0.603. The summed E-state index contributed by atoms with van der Waals surface area (Å²) in [7, 11) is 8.42. The van der Waals surface area contributed by atoms with Crippen molar-refractivity contribution in [2.45, 2.75) is 161 Å². The molecule has 2 aromatic carbocycles. The van der Waals surface area contributed by atoms with Crippen molar-refractivity contribution in [2.75, 3.05) is 47.0 Å². The number of likely N-dealkylation sites (N-methyl/N-ethyl adjacent to an activating group) is 4. The van der Waals surface area contributed by atoms with Crippen LogP contribution in [0.5, 0.6) is 0 Å². The molecule has 4 N–H and O–H groups in total. The maximum Gasteiger partial charge on any atom is 0.326 e. The van der Waals surface area contributed by atoms with Crippen LogP contribution in [0.15, 0.2) is 60.7 Å². The normalized spacial score (nSPS) is 24.6. The largest absolute Gasteiger partial charge is 0.450 e. The van der Waals surface area contributed by atoms with Crippen molar-refractivity contribution in [1.29, 1.82) is 0 Å². The van der Waals surface area contributed by atoms with E-state index in [1.54, 1.807) is 67.6 Å². The van der Waals surface area contributed by atoms with Crippen LogP contribution in [0.1, 0.15) is 112 Å². The van der Waals surface area contributed by atoms with Crippen LogP contribution in [-0.2, 0) is 70.3 Å². The van der Waals surface area contributed by atoms with E-state index in [9.17, 15) is 52.7 Å². The number of esters is 1. The molecule has 22 heteroatoms. The van der Waals surface area contributed by atoms with E-state index in [4.69, 9.17) is 4.74 Å². The zero-order valence-corrected chi connectivity index (χ0v) is 50.8. The highest BCUT2D eigenvalue weighted by Gasteiger charge is 2.39. The molecule has 1 heterocycles. The third-order valence-corrected chi connectivity index (χ3v) is 17.0. The number of ether oxygens (including phenoxy) is 1. The molecule has 1 aliphatic rings. The number of amides is 8. The fourth-order valence-electron chi connectivity index (χ4n) is 8.77. The minimum absolute atomic E-state index is 0.0215. The van der Waals surface area contributed by atoms with Crippen LogP contribution in [0, 0.1) is 17.8 Å². The van der Waals surface area contributed by atoms with Crippen LogP contribution in [-0.4, -0.2) is 179 Å². The zero-order valence-electron chi connectivity index (χ0n) is 49.1. The van der Waals surface area contributed by atoms with Crippen LogP contribution >= 0.6 is 21.6 Å². The van der Waals surface area contributed by atoms with Gasteiger partial charge in [-0.2, -0.15) is 0 Å². The van der Waals surface area contributed by atoms with Gasteiger partial charge in [-0.3, -0.25) is 52.7 Å². The Morgan fingerprint density at radius 1 is 0.562 bits per heavy atom. The standard InChI is InChI=1S/C58H86N8O12S2/c1-35(2)27-43-56(76)64(12)39(7)55(75)65(13)44(28-36(3)4)47(68)29-37(5)54(74)66(14)45(31-41-23-19-16-20-24-41)57(77)63(11)38(6)52(72)60-32-50(70)59-33-51(71)78-48(34-79-80-58(8,9)10)53(73)62-42(30-40-21-17-15-18-22-40)46(67)25-26-49(69)61-43/h15-24,35-39,42-45,48H,25-34H2,1-14H3,(H,59,70)(H,60,72)(H,61,69)(H,62,73)/t37-,38+,39+,42+,43+,44+,45+,48?/m1/s1. The average molecular weight is 1150 g/mol. The van der Waals surface area contributed by atoms with Crippen LogP contribution in [0.3, 0.4) is 0 Å². The minimum atomic E-state index is -1.45. The lowest BCUT2D eigenvalue weighted by Crippen LogP contribution is -2.56. The number of benzene rings is 2. The number of rotatable bonds is 11. The van der Waals surface area contributed by atoms with Crippen molar-refractivity contribution >= 4 is 86.4 Å². The first kappa shape index (κ1) is 68.0. The van der Waals surface area contributed by atoms with Gasteiger partial charge < -0.3 is 45.6 Å². The molecule has 0 saturated carbocycles. The predicted octanol–water partition coefficient (Wildman–Crippen LogP) is 4.16. The summed E-state index contributed by atoms with van der Waals surface area (Å²) in [4.78, 5) is 159. The summed E-state index contributed by atoms with van der Waals surface area (Å²) < 4.78 is 5.37. The summed E-state index contributed by atoms with van der Waals surface area (Å²) in [5.74, 6) is -8.40. The highest BCUT2D eigenvalue weighted by Crippen LogP contribution is 2.35. The van der Waals surface area contributed by atoms with E-state index in [1.807, 2.05) is 48.5 Å². The van der Waals surface area contributed by atoms with Gasteiger partial charge in [0.25, 0.3) is 5.91 Å². The fourth-order valence-corrected chi connectivity index (χ4v) is 11.2. The Morgan fingerprint density at radius 2 is 1.11 bits per heavy atom. The summed E-state index contributed by atoms with van der Waals surface area (Å²) in [5.41, 5.74) is 1.39. The maximum atomic E-state index is 14.4. The van der Waals surface area contributed by atoms with Crippen molar-refractivity contribution in [1.82, 2.24) is 40.9 Å². The Balaban J connectivity index is 2.08. The summed E-state index contributed by atoms with van der Waals surface area (Å²) in [6.45, 7) is 16.6. The van der Waals surface area contributed by atoms with Crippen molar-refractivity contribution in [3.05, 3.63) is 71.8 Å². The smallest absolute Gasteiger partial charge is 0.326 e. The molecule has 8 atom stereocenters. The molecule has 0 aliphatic carbocycles.